The van der Waals surface area contributed by atoms with E-state index in [1.165, 1.54) is 0 Å². The van der Waals surface area contributed by atoms with Crippen molar-refractivity contribution in [1.29, 1.82) is 10.5 Å². The van der Waals surface area contributed by atoms with Gasteiger partial charge in [0.2, 0.25) is 5.91 Å². The fourth-order valence-electron chi connectivity index (χ4n) is 3.19. The number of nitrogens with zero attached hydrogens (tertiary/aromatic N) is 4. The van der Waals surface area contributed by atoms with E-state index in [-0.39, 0.29) is 0 Å². The van der Waals surface area contributed by atoms with Crippen LogP contribution in [0, 0.1) is 22.8 Å². The fraction of sp³-hybridized carbons (Fsp3) is 0.211. The number of amides is 1. The van der Waals surface area contributed by atoms with Crippen LogP contribution in [-0.4, -0.2) is 24.9 Å². The fourth-order valence-corrected chi connectivity index (χ4v) is 3.19. The van der Waals surface area contributed by atoms with Crippen LogP contribution in [-0.2, 0) is 13.1 Å². The van der Waals surface area contributed by atoms with Crippen LogP contribution in [0.5, 0.6) is 0 Å². The lowest BCUT2D eigenvalue weighted by Crippen LogP contribution is -2.14. The molecule has 2 aromatic rings. The minimum Gasteiger partial charge on any atom is -0.378 e. The molecule has 2 aromatic carbocycles. The molecule has 2 N–H and O–H groups in total. The van der Waals surface area contributed by atoms with Crippen molar-refractivity contribution in [1.82, 2.24) is 4.90 Å². The number of benzene rings is 2. The number of primary amides is 1. The van der Waals surface area contributed by atoms with Gasteiger partial charge < -0.3 is 15.5 Å². The lowest BCUT2D eigenvalue weighted by Gasteiger charge is -2.19. The Bertz CT molecular complexity index is 950. The normalized spacial score (nSPS) is 12.2. The molecular weight excluding hydrogens is 314 g/mol. The van der Waals surface area contributed by atoms with E-state index < -0.39 is 5.91 Å². The highest BCUT2D eigenvalue weighted by Gasteiger charge is 2.26. The number of anilines is 1. The van der Waals surface area contributed by atoms with Crippen molar-refractivity contribution in [3.63, 3.8) is 0 Å². The van der Waals surface area contributed by atoms with E-state index in [2.05, 4.69) is 12.3 Å². The van der Waals surface area contributed by atoms with E-state index in [0.29, 0.717) is 29.8 Å². The van der Waals surface area contributed by atoms with Gasteiger partial charge in [-0.15, -0.1) is 0 Å². The number of hydrogen-bond donors (Lipinski definition) is 1. The highest BCUT2D eigenvalue weighted by Crippen LogP contribution is 2.39. The molecule has 25 heavy (non-hydrogen) atoms. The summed E-state index contributed by atoms with van der Waals surface area (Å²) in [6.07, 6.45) is 2.17. The average Bonchev–Trinajstić information content (AvgIpc) is 3.03. The van der Waals surface area contributed by atoms with E-state index in [1.54, 1.807) is 23.1 Å². The molecule has 0 atom stereocenters. The molecule has 0 aromatic heterocycles. The summed E-state index contributed by atoms with van der Waals surface area (Å²) in [5.41, 5.74) is 10.5. The van der Waals surface area contributed by atoms with Crippen LogP contribution in [0.3, 0.4) is 0 Å². The summed E-state index contributed by atoms with van der Waals surface area (Å²) in [5.74, 6) is -0.578. The number of carbonyl (C=O) groups is 1. The highest BCUT2D eigenvalue weighted by atomic mass is 16.1. The van der Waals surface area contributed by atoms with Crippen LogP contribution in [0.2, 0.25) is 0 Å². The molecule has 0 saturated heterocycles. The molecule has 3 rings (SSSR count). The van der Waals surface area contributed by atoms with E-state index in [1.807, 2.05) is 31.1 Å². The molecule has 1 amide bonds. The maximum Gasteiger partial charge on any atom is 0.249 e. The van der Waals surface area contributed by atoms with Gasteiger partial charge in [0, 0.05) is 30.9 Å². The van der Waals surface area contributed by atoms with Crippen molar-refractivity contribution in [2.45, 2.75) is 13.1 Å². The SMILES string of the molecule is CN(C)c1cc2c(c(-c3c(C#N)cccc3C(N)=O)c1)CN(C#N)C2. The maximum atomic E-state index is 11.9. The second-order valence-electron chi connectivity index (χ2n) is 6.19. The van der Waals surface area contributed by atoms with Gasteiger partial charge in [-0.05, 0) is 41.0 Å². The van der Waals surface area contributed by atoms with Crippen LogP contribution in [0.4, 0.5) is 5.69 Å². The zero-order chi connectivity index (χ0) is 18.1. The number of nitriles is 2. The van der Waals surface area contributed by atoms with Gasteiger partial charge in [0.25, 0.3) is 0 Å². The molecule has 0 aliphatic carbocycles. The molecule has 1 heterocycles. The third-order valence-corrected chi connectivity index (χ3v) is 4.41. The van der Waals surface area contributed by atoms with E-state index >= 15 is 0 Å². The summed E-state index contributed by atoms with van der Waals surface area (Å²) in [6.45, 7) is 0.966. The Morgan fingerprint density at radius 3 is 2.60 bits per heavy atom. The number of nitrogens with two attached hydrogens (primary N) is 1. The van der Waals surface area contributed by atoms with E-state index in [0.717, 1.165) is 22.4 Å². The van der Waals surface area contributed by atoms with Crippen LogP contribution in [0.1, 0.15) is 27.0 Å². The molecule has 0 saturated carbocycles. The lowest BCUT2D eigenvalue weighted by molar-refractivity contribution is 0.100. The van der Waals surface area contributed by atoms with Crippen molar-refractivity contribution in [2.75, 3.05) is 19.0 Å². The quantitative estimate of drug-likeness (QED) is 0.870. The predicted octanol–water partition coefficient (Wildman–Crippen LogP) is 2.19. The molecule has 1 aliphatic heterocycles. The number of rotatable bonds is 3. The Morgan fingerprint density at radius 1 is 1.24 bits per heavy atom. The minimum atomic E-state index is -0.578. The summed E-state index contributed by atoms with van der Waals surface area (Å²) in [6, 6.07) is 11.1. The average molecular weight is 331 g/mol. The minimum absolute atomic E-state index is 0.313. The van der Waals surface area contributed by atoms with Gasteiger partial charge in [0.05, 0.1) is 24.7 Å². The summed E-state index contributed by atoms with van der Waals surface area (Å²) >= 11 is 0. The van der Waals surface area contributed by atoms with E-state index in [4.69, 9.17) is 5.73 Å². The molecule has 0 bridgehead atoms. The van der Waals surface area contributed by atoms with Crippen molar-refractivity contribution in [3.8, 4) is 23.4 Å². The third-order valence-electron chi connectivity index (χ3n) is 4.41. The van der Waals surface area contributed by atoms with Gasteiger partial charge in [-0.25, -0.2) is 0 Å². The van der Waals surface area contributed by atoms with Crippen molar-refractivity contribution >= 4 is 11.6 Å². The first-order valence-corrected chi connectivity index (χ1v) is 7.77. The van der Waals surface area contributed by atoms with Crippen molar-refractivity contribution < 1.29 is 4.79 Å². The molecule has 1 aliphatic rings. The summed E-state index contributed by atoms with van der Waals surface area (Å²) in [5, 5.41) is 18.8. The van der Waals surface area contributed by atoms with Gasteiger partial charge in [-0.1, -0.05) is 6.07 Å². The Morgan fingerprint density at radius 2 is 2.00 bits per heavy atom. The third kappa shape index (κ3) is 2.75. The van der Waals surface area contributed by atoms with Gasteiger partial charge >= 0.3 is 0 Å². The second kappa shape index (κ2) is 6.18. The number of carbonyl (C=O) groups excluding carboxylic acids is 1. The predicted molar refractivity (Wildman–Crippen MR) is 94.3 cm³/mol. The molecule has 0 fully saturated rings. The number of fused-ring (bicyclic) bond motifs is 1. The topological polar surface area (TPSA) is 97.2 Å². The van der Waals surface area contributed by atoms with Gasteiger partial charge in [-0.3, -0.25) is 4.79 Å². The van der Waals surface area contributed by atoms with Gasteiger partial charge in [0.15, 0.2) is 6.19 Å². The van der Waals surface area contributed by atoms with Gasteiger partial charge in [0.1, 0.15) is 0 Å². The Labute approximate surface area is 146 Å². The highest BCUT2D eigenvalue weighted by molar-refractivity contribution is 6.02. The molecule has 6 heteroatoms. The Balaban J connectivity index is 2.35. The maximum absolute atomic E-state index is 11.9. The van der Waals surface area contributed by atoms with Crippen LogP contribution in [0.25, 0.3) is 11.1 Å². The Kier molecular flexibility index (Phi) is 4.04. The standard InChI is InChI=1S/C19H17N5O/c1-23(2)14-6-13-9-24(11-21)10-17(13)16(7-14)18-12(8-20)4-3-5-15(18)19(22)25/h3-7H,9-10H2,1-2H3,(H2,22,25). The van der Waals surface area contributed by atoms with Gasteiger partial charge in [-0.2, -0.15) is 10.5 Å². The van der Waals surface area contributed by atoms with Crippen LogP contribution < -0.4 is 10.6 Å². The second-order valence-corrected chi connectivity index (χ2v) is 6.19. The molecule has 0 unspecified atom stereocenters. The lowest BCUT2D eigenvalue weighted by atomic mass is 9.89. The van der Waals surface area contributed by atoms with Crippen molar-refractivity contribution in [2.24, 2.45) is 5.73 Å². The molecule has 0 spiro atoms. The molecule has 0 radical (unpaired) electrons. The summed E-state index contributed by atoms with van der Waals surface area (Å²) < 4.78 is 0. The zero-order valence-corrected chi connectivity index (χ0v) is 14.1. The first kappa shape index (κ1) is 16.4. The van der Waals surface area contributed by atoms with Crippen LogP contribution in [0.15, 0.2) is 30.3 Å². The largest absolute Gasteiger partial charge is 0.378 e. The first-order valence-electron chi connectivity index (χ1n) is 7.77. The molecular formula is C19H17N5O. The van der Waals surface area contributed by atoms with Crippen molar-refractivity contribution in [3.05, 3.63) is 52.6 Å². The first-order chi connectivity index (χ1) is 12.0. The molecule has 6 nitrogen and oxygen atoms in total. The number of hydrogen-bond acceptors (Lipinski definition) is 5. The smallest absolute Gasteiger partial charge is 0.249 e. The van der Waals surface area contributed by atoms with Crippen LogP contribution >= 0.6 is 0 Å². The summed E-state index contributed by atoms with van der Waals surface area (Å²) in [4.78, 5) is 15.5. The zero-order valence-electron chi connectivity index (χ0n) is 14.1. The summed E-state index contributed by atoms with van der Waals surface area (Å²) in [7, 11) is 3.85. The Hall–Kier alpha value is -3.51. The molecule has 124 valence electrons. The monoisotopic (exact) mass is 331 g/mol. The van der Waals surface area contributed by atoms with E-state index in [9.17, 15) is 15.3 Å².